The minimum Gasteiger partial charge on any atom is -0.366 e. The first-order chi connectivity index (χ1) is 4.35. The molecule has 0 aliphatic rings. The summed E-state index contributed by atoms with van der Waals surface area (Å²) in [5, 5.41) is 0. The van der Waals surface area contributed by atoms with E-state index in [0.29, 0.717) is 5.82 Å². The van der Waals surface area contributed by atoms with Crippen LogP contribution in [0.5, 0.6) is 0 Å². The maximum Gasteiger partial charge on any atom is 0.141 e. The topological polar surface area (TPSA) is 9.23 Å². The molecule has 0 aliphatic heterocycles. The highest BCUT2D eigenvalue weighted by molar-refractivity contribution is 7.55. The van der Waals surface area contributed by atoms with Crippen LogP contribution in [0, 0.1) is 0 Å². The lowest BCUT2D eigenvalue weighted by Crippen LogP contribution is -1.98. The molecule has 3 unspecified atom stereocenters. The zero-order valence-corrected chi connectivity index (χ0v) is 8.15. The van der Waals surface area contributed by atoms with Crippen LogP contribution in [-0.2, 0) is 4.52 Å². The Hall–Kier alpha value is 0.885. The molecule has 0 aromatic carbocycles. The summed E-state index contributed by atoms with van der Waals surface area (Å²) >= 11 is 0. The third-order valence-electron chi connectivity index (χ3n) is 1.40. The fourth-order valence-corrected chi connectivity index (χ4v) is 1.26. The second-order valence-corrected chi connectivity index (χ2v) is 2.74. The van der Waals surface area contributed by atoms with E-state index in [-0.39, 0.29) is 0 Å². The minimum atomic E-state index is 0.704. The molecule has 1 radical (unpaired) electrons. The van der Waals surface area contributed by atoms with Crippen LogP contribution < -0.4 is 0 Å². The van der Waals surface area contributed by atoms with E-state index in [4.69, 9.17) is 4.52 Å². The lowest BCUT2D eigenvalue weighted by atomic mass is 9.81. The highest BCUT2D eigenvalue weighted by atomic mass is 31.0. The maximum atomic E-state index is 4.86. The van der Waals surface area contributed by atoms with E-state index in [1.165, 1.54) is 6.42 Å². The standard InChI is InChI=1S/C5H14BOP2/c1-2-5(6-8)3-4-7-9/h5H,2-4,8-9H2,1H3. The number of hydrogen-bond acceptors (Lipinski definition) is 1. The Labute approximate surface area is 63.0 Å². The summed E-state index contributed by atoms with van der Waals surface area (Å²) in [6.07, 6.45) is 2.33. The van der Waals surface area contributed by atoms with Crippen molar-refractivity contribution in [1.29, 1.82) is 0 Å². The van der Waals surface area contributed by atoms with Crippen LogP contribution in [0.15, 0.2) is 0 Å². The molecule has 0 N–H and O–H groups in total. The molecular weight excluding hydrogens is 149 g/mol. The molecule has 0 aromatic heterocycles. The van der Waals surface area contributed by atoms with E-state index in [9.17, 15) is 0 Å². The fraction of sp³-hybridized carbons (Fsp3) is 1.00. The number of rotatable bonds is 5. The summed E-state index contributed by atoms with van der Waals surface area (Å²) in [5.74, 6) is 0.704. The summed E-state index contributed by atoms with van der Waals surface area (Å²) in [7, 11) is 4.91. The molecule has 0 spiro atoms. The lowest BCUT2D eigenvalue weighted by molar-refractivity contribution is 0.356. The van der Waals surface area contributed by atoms with Gasteiger partial charge in [-0.25, -0.2) is 0 Å². The first-order valence-corrected chi connectivity index (χ1v) is 4.35. The van der Waals surface area contributed by atoms with Crippen molar-refractivity contribution < 1.29 is 4.52 Å². The van der Waals surface area contributed by atoms with Gasteiger partial charge in [0, 0.05) is 16.1 Å². The van der Waals surface area contributed by atoms with Gasteiger partial charge in [-0.05, 0) is 6.42 Å². The average Bonchev–Trinajstić information content (AvgIpc) is 1.91. The van der Waals surface area contributed by atoms with Crippen molar-refractivity contribution in [3.63, 3.8) is 0 Å². The number of hydrogen-bond donors (Lipinski definition) is 0. The highest BCUT2D eigenvalue weighted by Gasteiger charge is 2.02. The van der Waals surface area contributed by atoms with Crippen LogP contribution in [0.25, 0.3) is 0 Å². The van der Waals surface area contributed by atoms with Crippen LogP contribution in [0.1, 0.15) is 19.8 Å². The first-order valence-electron chi connectivity index (χ1n) is 3.21. The van der Waals surface area contributed by atoms with Gasteiger partial charge in [0.15, 0.2) is 0 Å². The Balaban J connectivity index is 3.09. The monoisotopic (exact) mass is 163 g/mol. The summed E-state index contributed by atoms with van der Waals surface area (Å²) in [5.41, 5.74) is 0. The molecule has 1 nitrogen and oxygen atoms in total. The Morgan fingerprint density at radius 2 is 2.33 bits per heavy atom. The Morgan fingerprint density at radius 3 is 2.67 bits per heavy atom. The van der Waals surface area contributed by atoms with Gasteiger partial charge in [-0.1, -0.05) is 19.2 Å². The van der Waals surface area contributed by atoms with Crippen molar-refractivity contribution in [2.75, 3.05) is 6.61 Å². The van der Waals surface area contributed by atoms with Gasteiger partial charge in [0.05, 0.1) is 0 Å². The zero-order valence-electron chi connectivity index (χ0n) is 5.84. The molecule has 0 aromatic rings. The summed E-state index contributed by atoms with van der Waals surface area (Å²) in [6, 6.07) is 0. The molecule has 0 bridgehead atoms. The highest BCUT2D eigenvalue weighted by Crippen LogP contribution is 2.16. The Morgan fingerprint density at radius 1 is 1.67 bits per heavy atom. The molecule has 0 amide bonds. The van der Waals surface area contributed by atoms with E-state index in [0.717, 1.165) is 13.0 Å². The van der Waals surface area contributed by atoms with Crippen LogP contribution >= 0.6 is 18.6 Å². The van der Waals surface area contributed by atoms with E-state index in [1.54, 1.807) is 0 Å². The Bertz CT molecular complexity index is 58.9. The van der Waals surface area contributed by atoms with Crippen molar-refractivity contribution in [2.24, 2.45) is 0 Å². The van der Waals surface area contributed by atoms with E-state index in [1.807, 2.05) is 0 Å². The molecular formula is C5H14BOP2. The third-order valence-corrected chi connectivity index (χ3v) is 2.18. The maximum absolute atomic E-state index is 4.86. The second kappa shape index (κ2) is 7.00. The van der Waals surface area contributed by atoms with Gasteiger partial charge in [0.25, 0.3) is 0 Å². The molecule has 53 valence electrons. The molecule has 0 aliphatic carbocycles. The van der Waals surface area contributed by atoms with Crippen molar-refractivity contribution in [3.05, 3.63) is 0 Å². The van der Waals surface area contributed by atoms with E-state index >= 15 is 0 Å². The quantitative estimate of drug-likeness (QED) is 0.444. The van der Waals surface area contributed by atoms with E-state index < -0.39 is 0 Å². The molecule has 0 saturated carbocycles. The van der Waals surface area contributed by atoms with Crippen LogP contribution in [0.3, 0.4) is 0 Å². The third kappa shape index (κ3) is 5.34. The zero-order chi connectivity index (χ0) is 7.11. The normalized spacial score (nSPS) is 13.2. The second-order valence-electron chi connectivity index (χ2n) is 2.02. The summed E-state index contributed by atoms with van der Waals surface area (Å²) in [4.78, 5) is 0. The molecule has 0 rings (SSSR count). The molecule has 4 heteroatoms. The van der Waals surface area contributed by atoms with Crippen molar-refractivity contribution in [2.45, 2.75) is 25.6 Å². The molecule has 9 heavy (non-hydrogen) atoms. The predicted molar refractivity (Wildman–Crippen MR) is 49.8 cm³/mol. The fourth-order valence-electron chi connectivity index (χ4n) is 0.656. The largest absolute Gasteiger partial charge is 0.366 e. The minimum absolute atomic E-state index is 0.704. The molecule has 0 fully saturated rings. The van der Waals surface area contributed by atoms with Crippen molar-refractivity contribution >= 4 is 25.6 Å². The van der Waals surface area contributed by atoms with Gasteiger partial charge >= 0.3 is 0 Å². The van der Waals surface area contributed by atoms with Gasteiger partial charge in [-0.15, -0.1) is 0 Å². The molecule has 0 saturated heterocycles. The van der Waals surface area contributed by atoms with E-state index in [2.05, 4.69) is 32.5 Å². The lowest BCUT2D eigenvalue weighted by Gasteiger charge is -2.08. The van der Waals surface area contributed by atoms with Gasteiger partial charge in [0.2, 0.25) is 0 Å². The van der Waals surface area contributed by atoms with Crippen LogP contribution in [-0.4, -0.2) is 13.6 Å². The van der Waals surface area contributed by atoms with Crippen LogP contribution in [0.4, 0.5) is 0 Å². The van der Waals surface area contributed by atoms with Gasteiger partial charge in [-0.3, -0.25) is 0 Å². The summed E-state index contributed by atoms with van der Waals surface area (Å²) in [6.45, 7) is 5.19. The van der Waals surface area contributed by atoms with Gasteiger partial charge < -0.3 is 4.52 Å². The molecule has 3 atom stereocenters. The predicted octanol–water partition coefficient (Wildman–Crippen LogP) is 1.88. The Kier molecular flexibility index (Phi) is 7.69. The van der Waals surface area contributed by atoms with Gasteiger partial charge in [0.1, 0.15) is 7.00 Å². The van der Waals surface area contributed by atoms with Crippen molar-refractivity contribution in [1.82, 2.24) is 0 Å². The average molecular weight is 163 g/mol. The van der Waals surface area contributed by atoms with Crippen LogP contribution in [0.2, 0.25) is 5.82 Å². The molecule has 0 heterocycles. The summed E-state index contributed by atoms with van der Waals surface area (Å²) < 4.78 is 4.86. The van der Waals surface area contributed by atoms with Gasteiger partial charge in [-0.2, -0.15) is 9.12 Å². The van der Waals surface area contributed by atoms with Crippen molar-refractivity contribution in [3.8, 4) is 0 Å². The first kappa shape index (κ1) is 9.88. The SMILES string of the molecule is CCC([B]P)CCOP. The smallest absolute Gasteiger partial charge is 0.141 e.